The van der Waals surface area contributed by atoms with Gasteiger partial charge in [-0.05, 0) is 49.6 Å². The highest BCUT2D eigenvalue weighted by Crippen LogP contribution is 2.47. The van der Waals surface area contributed by atoms with Gasteiger partial charge in [-0.3, -0.25) is 14.2 Å². The number of benzene rings is 2. The number of carbonyl (C=O) groups excluding carboxylic acids is 1. The summed E-state index contributed by atoms with van der Waals surface area (Å²) in [4.78, 5) is 19.8. The summed E-state index contributed by atoms with van der Waals surface area (Å²) in [5.74, 6) is -1.68. The second kappa shape index (κ2) is 12.0. The number of hydrogen-bond acceptors (Lipinski definition) is 7. The van der Waals surface area contributed by atoms with Crippen LogP contribution in [0.1, 0.15) is 25.6 Å². The van der Waals surface area contributed by atoms with Gasteiger partial charge in [0.15, 0.2) is 0 Å². The Balaban J connectivity index is 1.51. The van der Waals surface area contributed by atoms with Crippen molar-refractivity contribution in [2.24, 2.45) is 7.05 Å². The second-order valence-electron chi connectivity index (χ2n) is 11.6. The minimum absolute atomic E-state index is 0.0375. The van der Waals surface area contributed by atoms with E-state index in [1.54, 1.807) is 11.1 Å². The lowest BCUT2D eigenvalue weighted by atomic mass is 9.96. The van der Waals surface area contributed by atoms with E-state index in [0.717, 1.165) is 38.3 Å². The van der Waals surface area contributed by atoms with E-state index in [-0.39, 0.29) is 42.5 Å². The lowest BCUT2D eigenvalue weighted by Crippen LogP contribution is -2.46. The monoisotopic (exact) mass is 654 g/mol. The van der Waals surface area contributed by atoms with Crippen molar-refractivity contribution >= 4 is 38.2 Å². The topological polar surface area (TPSA) is 87.3 Å². The molecule has 5 heterocycles. The Kier molecular flexibility index (Phi) is 7.85. The SMILES string of the molecule is C=CC(=O)N1C(C)Cn2nc(-c3nc(-c4ccc5c(cnn5C)c4)c4ccsc4c3-c3c(F)cc(F)cc3OCCOC)cc2C1C. The number of fused-ring (bicyclic) bond motifs is 3. The average molecular weight is 655 g/mol. The Hall–Kier alpha value is -4.94. The summed E-state index contributed by atoms with van der Waals surface area (Å²) in [6.45, 7) is 8.37. The molecule has 0 radical (unpaired) electrons. The standard InChI is InChI=1S/C35H32F2N6O3S/c1-6-30(44)43-19(2)18-42-28(20(43)3)16-26(40-42)34-32(31-25(37)14-23(36)15-29(31)46-11-10-45-5)35-24(9-12-47-35)33(39-34)21-7-8-27-22(13-21)17-38-41(27)4/h6-9,12-17,19-20H,1,10-11,18H2,2-5H3. The number of hydrogen-bond donors (Lipinski definition) is 0. The van der Waals surface area contributed by atoms with E-state index in [0.29, 0.717) is 29.2 Å². The van der Waals surface area contributed by atoms with Gasteiger partial charge in [0.2, 0.25) is 5.91 Å². The molecule has 0 N–H and O–H groups in total. The Morgan fingerprint density at radius 1 is 1.11 bits per heavy atom. The molecule has 0 fully saturated rings. The highest BCUT2D eigenvalue weighted by Gasteiger charge is 2.34. The van der Waals surface area contributed by atoms with Gasteiger partial charge in [-0.1, -0.05) is 12.6 Å². The van der Waals surface area contributed by atoms with Crippen LogP contribution in [0, 0.1) is 11.6 Å². The van der Waals surface area contributed by atoms with Crippen molar-refractivity contribution in [2.75, 3.05) is 20.3 Å². The number of rotatable bonds is 8. The molecule has 0 bridgehead atoms. The Morgan fingerprint density at radius 3 is 2.72 bits per heavy atom. The van der Waals surface area contributed by atoms with Crippen molar-refractivity contribution in [2.45, 2.75) is 32.5 Å². The van der Waals surface area contributed by atoms with E-state index in [1.807, 2.05) is 66.0 Å². The van der Waals surface area contributed by atoms with Crippen LogP contribution >= 0.6 is 11.3 Å². The summed E-state index contributed by atoms with van der Waals surface area (Å²) < 4.78 is 46.2. The molecule has 1 aliphatic rings. The van der Waals surface area contributed by atoms with Crippen molar-refractivity contribution in [1.82, 2.24) is 29.4 Å². The van der Waals surface area contributed by atoms with Crippen LogP contribution in [0.15, 0.2) is 66.7 Å². The number of aromatic nitrogens is 5. The van der Waals surface area contributed by atoms with Crippen LogP contribution < -0.4 is 4.74 Å². The van der Waals surface area contributed by atoms with Crippen LogP contribution in [-0.4, -0.2) is 61.7 Å². The van der Waals surface area contributed by atoms with Gasteiger partial charge in [0.05, 0.1) is 47.9 Å². The van der Waals surface area contributed by atoms with Gasteiger partial charge in [0.25, 0.3) is 0 Å². The van der Waals surface area contributed by atoms with Crippen molar-refractivity contribution in [3.63, 3.8) is 0 Å². The third-order valence-corrected chi connectivity index (χ3v) is 9.61. The maximum Gasteiger partial charge on any atom is 0.246 e. The molecule has 0 aliphatic carbocycles. The quantitative estimate of drug-likeness (QED) is 0.128. The summed E-state index contributed by atoms with van der Waals surface area (Å²) in [5.41, 5.74) is 4.75. The van der Waals surface area contributed by atoms with E-state index < -0.39 is 11.6 Å². The molecule has 9 nitrogen and oxygen atoms in total. The predicted molar refractivity (Wildman–Crippen MR) is 178 cm³/mol. The zero-order valence-corrected chi connectivity index (χ0v) is 27.1. The molecule has 2 unspecified atom stereocenters. The van der Waals surface area contributed by atoms with Crippen LogP contribution in [0.5, 0.6) is 5.75 Å². The van der Waals surface area contributed by atoms with Gasteiger partial charge >= 0.3 is 0 Å². The van der Waals surface area contributed by atoms with Crippen LogP contribution in [-0.2, 0) is 23.1 Å². The highest BCUT2D eigenvalue weighted by atomic mass is 32.1. The maximum atomic E-state index is 16.1. The molecule has 240 valence electrons. The lowest BCUT2D eigenvalue weighted by molar-refractivity contribution is -0.131. The molecule has 47 heavy (non-hydrogen) atoms. The minimum Gasteiger partial charge on any atom is -0.490 e. The van der Waals surface area contributed by atoms with Crippen LogP contribution in [0.3, 0.4) is 0 Å². The number of carbonyl (C=O) groups is 1. The first-order valence-electron chi connectivity index (χ1n) is 15.2. The van der Waals surface area contributed by atoms with E-state index >= 15 is 4.39 Å². The molecule has 4 aromatic heterocycles. The zero-order chi connectivity index (χ0) is 33.0. The normalized spacial score (nSPS) is 16.2. The lowest BCUT2D eigenvalue weighted by Gasteiger charge is -2.38. The van der Waals surface area contributed by atoms with Gasteiger partial charge in [-0.15, -0.1) is 11.3 Å². The van der Waals surface area contributed by atoms with Crippen molar-refractivity contribution < 1.29 is 23.0 Å². The maximum absolute atomic E-state index is 16.1. The van der Waals surface area contributed by atoms with Crippen LogP contribution in [0.2, 0.25) is 0 Å². The zero-order valence-electron chi connectivity index (χ0n) is 26.3. The van der Waals surface area contributed by atoms with Gasteiger partial charge in [-0.2, -0.15) is 10.2 Å². The van der Waals surface area contributed by atoms with Crippen molar-refractivity contribution in [3.8, 4) is 39.5 Å². The predicted octanol–water partition coefficient (Wildman–Crippen LogP) is 7.16. The summed E-state index contributed by atoms with van der Waals surface area (Å²) >= 11 is 1.43. The smallest absolute Gasteiger partial charge is 0.246 e. The van der Waals surface area contributed by atoms with E-state index in [9.17, 15) is 9.18 Å². The third kappa shape index (κ3) is 5.17. The number of pyridine rings is 1. The summed E-state index contributed by atoms with van der Waals surface area (Å²) in [6.07, 6.45) is 3.12. The van der Waals surface area contributed by atoms with Crippen LogP contribution in [0.25, 0.3) is 54.8 Å². The van der Waals surface area contributed by atoms with Gasteiger partial charge in [0.1, 0.15) is 35.4 Å². The fourth-order valence-electron chi connectivity index (χ4n) is 6.52. The Labute approximate surface area is 273 Å². The Bertz CT molecular complexity index is 2190. The van der Waals surface area contributed by atoms with Crippen molar-refractivity contribution in [3.05, 3.63) is 84.0 Å². The molecule has 0 saturated carbocycles. The fraction of sp³-hybridized carbons (Fsp3) is 0.257. The molecule has 1 amide bonds. The van der Waals surface area contributed by atoms with E-state index in [4.69, 9.17) is 19.6 Å². The average Bonchev–Trinajstić information content (AvgIpc) is 3.79. The number of nitrogens with zero attached hydrogens (tertiary/aromatic N) is 6. The first kappa shape index (κ1) is 30.7. The molecular formula is C35H32F2N6O3S. The summed E-state index contributed by atoms with van der Waals surface area (Å²) in [5, 5.41) is 13.1. The van der Waals surface area contributed by atoms with Crippen LogP contribution in [0.4, 0.5) is 8.78 Å². The number of halogens is 2. The molecule has 0 spiro atoms. The largest absolute Gasteiger partial charge is 0.490 e. The number of ether oxygens (including phenoxy) is 2. The number of aryl methyl sites for hydroxylation is 1. The number of amides is 1. The molecule has 2 aromatic carbocycles. The second-order valence-corrected chi connectivity index (χ2v) is 12.5. The molecule has 7 rings (SSSR count). The molecule has 6 aromatic rings. The van der Waals surface area contributed by atoms with Gasteiger partial charge in [-0.25, -0.2) is 13.8 Å². The Morgan fingerprint density at radius 2 is 1.94 bits per heavy atom. The minimum atomic E-state index is -0.784. The molecular weight excluding hydrogens is 622 g/mol. The van der Waals surface area contributed by atoms with Crippen molar-refractivity contribution in [1.29, 1.82) is 0 Å². The first-order chi connectivity index (χ1) is 22.7. The van der Waals surface area contributed by atoms with E-state index in [1.165, 1.54) is 30.6 Å². The fourth-order valence-corrected chi connectivity index (χ4v) is 7.47. The third-order valence-electron chi connectivity index (χ3n) is 8.68. The number of thiophene rings is 1. The van der Waals surface area contributed by atoms with Gasteiger partial charge < -0.3 is 14.4 Å². The molecule has 12 heteroatoms. The molecule has 2 atom stereocenters. The number of methoxy groups -OCH3 is 1. The summed E-state index contributed by atoms with van der Waals surface area (Å²) in [6, 6.07) is 11.5. The van der Waals surface area contributed by atoms with Gasteiger partial charge in [0, 0.05) is 58.9 Å². The summed E-state index contributed by atoms with van der Waals surface area (Å²) in [7, 11) is 3.42. The molecule has 1 aliphatic heterocycles. The first-order valence-corrected chi connectivity index (χ1v) is 16.1. The molecule has 0 saturated heterocycles. The van der Waals surface area contributed by atoms with E-state index in [2.05, 4.69) is 11.7 Å². The highest BCUT2D eigenvalue weighted by molar-refractivity contribution is 7.18.